The van der Waals surface area contributed by atoms with Crippen molar-refractivity contribution in [2.75, 3.05) is 9.80 Å². The molecule has 0 spiro atoms. The number of benzene rings is 14. The minimum Gasteiger partial charge on any atom is -0.310 e. The molecule has 111 heavy (non-hydrogen) atoms. The summed E-state index contributed by atoms with van der Waals surface area (Å²) in [6, 6.07) is 118. The SMILES string of the molecule is CC(C)c1ccc2c(c1)C(C)(C)c1cc(N(c3cccc(-c4ccc(C(c5ccccc5)(c5ccccc5)c5ccc(-c6cccc(N(c7ccc8c(c7)C(C)(C)c7cc(C(C)C)ccc7-8)c7ccc8c(c7)C(C)(C)c7cc(C(C)C)ccc7-8)c6)cc5)cc4)c3)c3ccc4c(c3)C(C)(C)c3cc(C(C)C)ccc3-4)ccc1-2. The average Bonchev–Trinajstić information content (AvgIpc) is 1.55. The van der Waals surface area contributed by atoms with E-state index in [0.717, 1.165) is 56.4 Å². The third-order valence-electron chi connectivity index (χ3n) is 26.4. The van der Waals surface area contributed by atoms with Crippen LogP contribution in [0, 0.1) is 0 Å². The van der Waals surface area contributed by atoms with E-state index in [1.807, 2.05) is 0 Å². The maximum Gasteiger partial charge on any atom is 0.0701 e. The lowest BCUT2D eigenvalue weighted by atomic mass is 9.65. The van der Waals surface area contributed by atoms with Gasteiger partial charge in [-0.15, -0.1) is 0 Å². The fourth-order valence-electron chi connectivity index (χ4n) is 19.7. The first kappa shape index (κ1) is 71.3. The van der Waals surface area contributed by atoms with Crippen LogP contribution in [-0.2, 0) is 27.1 Å². The third-order valence-corrected chi connectivity index (χ3v) is 26.4. The van der Waals surface area contributed by atoms with Gasteiger partial charge in [0.05, 0.1) is 5.41 Å². The van der Waals surface area contributed by atoms with E-state index in [4.69, 9.17) is 0 Å². The monoisotopic (exact) mass is 1440 g/mol. The van der Waals surface area contributed by atoms with E-state index < -0.39 is 5.41 Å². The van der Waals surface area contributed by atoms with Crippen molar-refractivity contribution in [3.8, 4) is 66.8 Å². The van der Waals surface area contributed by atoms with Crippen molar-refractivity contribution >= 4 is 34.1 Å². The summed E-state index contributed by atoms with van der Waals surface area (Å²) in [7, 11) is 0. The minimum atomic E-state index is -0.680. The highest BCUT2D eigenvalue weighted by atomic mass is 15.1. The van der Waals surface area contributed by atoms with Crippen LogP contribution >= 0.6 is 0 Å². The quantitative estimate of drug-likeness (QED) is 0.0890. The molecule has 0 saturated heterocycles. The lowest BCUT2D eigenvalue weighted by molar-refractivity contribution is 0.657. The smallest absolute Gasteiger partial charge is 0.0701 e. The molecule has 548 valence electrons. The number of anilines is 6. The fourth-order valence-corrected chi connectivity index (χ4v) is 19.7. The summed E-state index contributed by atoms with van der Waals surface area (Å²) in [5.74, 6) is 1.79. The van der Waals surface area contributed by atoms with Crippen LogP contribution in [0.15, 0.2) is 303 Å². The molecule has 0 N–H and O–H groups in total. The molecule has 0 saturated carbocycles. The number of rotatable bonds is 16. The highest BCUT2D eigenvalue weighted by Crippen LogP contribution is 2.58. The average molecular weight is 1440 g/mol. The second-order valence-electron chi connectivity index (χ2n) is 35.7. The number of hydrogen-bond donors (Lipinski definition) is 0. The highest BCUT2D eigenvalue weighted by Gasteiger charge is 2.43. The first-order valence-corrected chi connectivity index (χ1v) is 40.6. The van der Waals surface area contributed by atoms with E-state index in [2.05, 4.69) is 424 Å². The standard InChI is InChI=1S/C109H102N2/c1-67(2)73-37-49-89-93-53-45-85(63-101(93)105(9,10)97(89)59-73)110(86-46-54-94-90-50-38-74(68(3)4)60-98(90)106(11,12)102(94)64-86)83-31-23-25-77(57-83)71-33-41-81(42-34-71)109(79-27-19-17-20-28-79,80-29-21-18-22-30-80)82-43-35-72(36-44-82)78-26-24-32-84(58-78)111(87-47-55-95-91-51-39-75(69(5)6)61-99(91)107(13,14)103(95)65-87)88-48-56-96-92-52-40-76(70(7)8)62-100(92)108(15,16)104(96)66-88/h17-70H,1-16H3. The zero-order valence-electron chi connectivity index (χ0n) is 67.6. The molecule has 0 radical (unpaired) electrons. The number of nitrogens with zero attached hydrogens (tertiary/aromatic N) is 2. The van der Waals surface area contributed by atoms with Gasteiger partial charge in [-0.05, 0) is 252 Å². The Hall–Kier alpha value is -11.3. The van der Waals surface area contributed by atoms with Crippen LogP contribution in [0.25, 0.3) is 66.8 Å². The molecule has 2 nitrogen and oxygen atoms in total. The van der Waals surface area contributed by atoms with Gasteiger partial charge in [0.2, 0.25) is 0 Å². The normalized spacial score (nSPS) is 14.7. The summed E-state index contributed by atoms with van der Waals surface area (Å²) in [6.45, 7) is 37.8. The van der Waals surface area contributed by atoms with Crippen molar-refractivity contribution < 1.29 is 0 Å². The Morgan fingerprint density at radius 1 is 0.198 bits per heavy atom. The largest absolute Gasteiger partial charge is 0.310 e. The topological polar surface area (TPSA) is 6.48 Å². The van der Waals surface area contributed by atoms with Crippen molar-refractivity contribution in [3.05, 3.63) is 392 Å². The van der Waals surface area contributed by atoms with Gasteiger partial charge in [-0.2, -0.15) is 0 Å². The van der Waals surface area contributed by atoms with Crippen LogP contribution in [0.1, 0.15) is 223 Å². The Morgan fingerprint density at radius 2 is 0.423 bits per heavy atom. The summed E-state index contributed by atoms with van der Waals surface area (Å²) >= 11 is 0. The van der Waals surface area contributed by atoms with E-state index >= 15 is 0 Å². The van der Waals surface area contributed by atoms with Gasteiger partial charge < -0.3 is 9.80 Å². The van der Waals surface area contributed by atoms with Crippen molar-refractivity contribution in [1.29, 1.82) is 0 Å². The molecule has 0 heterocycles. The van der Waals surface area contributed by atoms with Crippen LogP contribution in [0.3, 0.4) is 0 Å². The van der Waals surface area contributed by atoms with Gasteiger partial charge in [0, 0.05) is 55.8 Å². The van der Waals surface area contributed by atoms with Crippen molar-refractivity contribution in [2.45, 2.75) is 162 Å². The molecule has 4 aliphatic carbocycles. The van der Waals surface area contributed by atoms with E-state index in [1.165, 1.54) is 134 Å². The number of fused-ring (bicyclic) bond motifs is 12. The van der Waals surface area contributed by atoms with Gasteiger partial charge >= 0.3 is 0 Å². The molecule has 0 atom stereocenters. The molecular weight excluding hydrogens is 1340 g/mol. The van der Waals surface area contributed by atoms with Crippen molar-refractivity contribution in [3.63, 3.8) is 0 Å². The Labute approximate surface area is 660 Å². The predicted octanol–water partition coefficient (Wildman–Crippen LogP) is 30.1. The lowest BCUT2D eigenvalue weighted by Crippen LogP contribution is -2.31. The van der Waals surface area contributed by atoms with E-state index in [1.54, 1.807) is 0 Å². The van der Waals surface area contributed by atoms with Gasteiger partial charge in [-0.25, -0.2) is 0 Å². The molecular formula is C109H102N2. The van der Waals surface area contributed by atoms with Gasteiger partial charge in [0.1, 0.15) is 0 Å². The zero-order valence-corrected chi connectivity index (χ0v) is 67.6. The Kier molecular flexibility index (Phi) is 17.0. The highest BCUT2D eigenvalue weighted by molar-refractivity contribution is 5.92. The first-order valence-electron chi connectivity index (χ1n) is 40.6. The molecule has 0 aromatic heterocycles. The summed E-state index contributed by atoms with van der Waals surface area (Å²) < 4.78 is 0. The Balaban J connectivity index is 0.726. The van der Waals surface area contributed by atoms with Crippen molar-refractivity contribution in [2.24, 2.45) is 0 Å². The molecule has 0 fully saturated rings. The van der Waals surface area contributed by atoms with Crippen LogP contribution in [0.4, 0.5) is 34.1 Å². The maximum absolute atomic E-state index is 2.52. The zero-order chi connectivity index (χ0) is 76.9. The fraction of sp³-hybridized carbons (Fsp3) is 0.229. The molecule has 0 bridgehead atoms. The molecule has 0 aliphatic heterocycles. The molecule has 2 heteroatoms. The molecule has 14 aromatic rings. The summed E-state index contributed by atoms with van der Waals surface area (Å²) in [6.07, 6.45) is 0. The van der Waals surface area contributed by atoms with Crippen LogP contribution in [-0.4, -0.2) is 0 Å². The summed E-state index contributed by atoms with van der Waals surface area (Å²) in [4.78, 5) is 5.04. The van der Waals surface area contributed by atoms with Crippen molar-refractivity contribution in [1.82, 2.24) is 0 Å². The first-order chi connectivity index (χ1) is 53.3. The summed E-state index contributed by atoms with van der Waals surface area (Å²) in [5.41, 5.74) is 42.1. The van der Waals surface area contributed by atoms with Gasteiger partial charge in [-0.3, -0.25) is 0 Å². The molecule has 4 aliphatic rings. The maximum atomic E-state index is 2.52. The van der Waals surface area contributed by atoms with Gasteiger partial charge in [-0.1, -0.05) is 341 Å². The van der Waals surface area contributed by atoms with E-state index in [-0.39, 0.29) is 21.7 Å². The molecule has 18 rings (SSSR count). The number of hydrogen-bond acceptors (Lipinski definition) is 2. The second kappa shape index (κ2) is 26.4. The minimum absolute atomic E-state index is 0.189. The Bertz CT molecular complexity index is 5400. The summed E-state index contributed by atoms with van der Waals surface area (Å²) in [5, 5.41) is 0. The van der Waals surface area contributed by atoms with E-state index in [0.29, 0.717) is 23.7 Å². The second-order valence-corrected chi connectivity index (χ2v) is 35.7. The van der Waals surface area contributed by atoms with Gasteiger partial charge in [0.15, 0.2) is 0 Å². The Morgan fingerprint density at radius 3 is 0.676 bits per heavy atom. The molecule has 0 amide bonds. The van der Waals surface area contributed by atoms with E-state index in [9.17, 15) is 0 Å². The van der Waals surface area contributed by atoms with Crippen LogP contribution < -0.4 is 9.80 Å². The van der Waals surface area contributed by atoms with Crippen LogP contribution in [0.5, 0.6) is 0 Å². The molecule has 0 unspecified atom stereocenters. The lowest BCUT2D eigenvalue weighted by Gasteiger charge is -2.37. The van der Waals surface area contributed by atoms with Crippen LogP contribution in [0.2, 0.25) is 0 Å². The predicted molar refractivity (Wildman–Crippen MR) is 472 cm³/mol. The van der Waals surface area contributed by atoms with Gasteiger partial charge in [0.25, 0.3) is 0 Å². The third kappa shape index (κ3) is 11.4. The molecule has 14 aromatic carbocycles.